The summed E-state index contributed by atoms with van der Waals surface area (Å²) in [5.41, 5.74) is 3.69. The van der Waals surface area contributed by atoms with E-state index in [4.69, 9.17) is 4.74 Å². The fourth-order valence-corrected chi connectivity index (χ4v) is 1.52. The van der Waals surface area contributed by atoms with E-state index in [0.717, 1.165) is 13.1 Å². The second-order valence-corrected chi connectivity index (χ2v) is 3.87. The van der Waals surface area contributed by atoms with Crippen LogP contribution in [-0.4, -0.2) is 37.2 Å². The number of hydrogen-bond acceptors (Lipinski definition) is 4. The van der Waals surface area contributed by atoms with Gasteiger partial charge in [0.1, 0.15) is 6.61 Å². The molecular weight excluding hydrogens is 192 g/mol. The fourth-order valence-electron chi connectivity index (χ4n) is 1.52. The molecule has 1 saturated heterocycles. The Hall–Kier alpha value is -0.870. The van der Waals surface area contributed by atoms with Gasteiger partial charge in [0.25, 0.3) is 0 Å². The molecule has 0 aliphatic carbocycles. The summed E-state index contributed by atoms with van der Waals surface area (Å²) in [5.74, 6) is -0.310. The van der Waals surface area contributed by atoms with Gasteiger partial charge in [0, 0.05) is 25.2 Å². The predicted molar refractivity (Wildman–Crippen MR) is 59.2 cm³/mol. The fraction of sp³-hybridized carbons (Fsp3) is 0.727. The van der Waals surface area contributed by atoms with Gasteiger partial charge in [-0.05, 0) is 19.8 Å². The molecule has 0 radical (unpaired) electrons. The van der Waals surface area contributed by atoms with Crippen LogP contribution in [0.15, 0.2) is 12.2 Å². The number of hydrazine groups is 1. The first-order valence-corrected chi connectivity index (χ1v) is 5.51. The van der Waals surface area contributed by atoms with E-state index in [2.05, 4.69) is 17.0 Å². The van der Waals surface area contributed by atoms with E-state index in [9.17, 15) is 4.79 Å². The minimum Gasteiger partial charge on any atom is -0.461 e. The van der Waals surface area contributed by atoms with Crippen molar-refractivity contribution in [1.82, 2.24) is 10.4 Å². The van der Waals surface area contributed by atoms with Crippen molar-refractivity contribution in [3.8, 4) is 0 Å². The van der Waals surface area contributed by atoms with Crippen LogP contribution in [0.2, 0.25) is 0 Å². The highest BCUT2D eigenvalue weighted by molar-refractivity contribution is 5.86. The largest absolute Gasteiger partial charge is 0.461 e. The molecule has 0 bridgehead atoms. The summed E-state index contributed by atoms with van der Waals surface area (Å²) in [7, 11) is 0. The Morgan fingerprint density at radius 1 is 1.40 bits per heavy atom. The molecule has 1 heterocycles. The van der Waals surface area contributed by atoms with Crippen molar-refractivity contribution in [3.63, 3.8) is 0 Å². The monoisotopic (exact) mass is 212 g/mol. The number of piperidine rings is 1. The van der Waals surface area contributed by atoms with E-state index in [1.165, 1.54) is 19.3 Å². The van der Waals surface area contributed by atoms with Gasteiger partial charge in [0.05, 0.1) is 0 Å². The molecular formula is C11H20N2O2. The van der Waals surface area contributed by atoms with Crippen molar-refractivity contribution in [2.75, 3.05) is 26.2 Å². The average molecular weight is 212 g/mol. The molecule has 1 fully saturated rings. The Morgan fingerprint density at radius 2 is 2.07 bits per heavy atom. The Bertz CT molecular complexity index is 223. The van der Waals surface area contributed by atoms with Gasteiger partial charge < -0.3 is 4.74 Å². The van der Waals surface area contributed by atoms with Gasteiger partial charge in [-0.2, -0.15) is 0 Å². The zero-order valence-electron chi connectivity index (χ0n) is 9.42. The molecule has 0 aromatic carbocycles. The maximum absolute atomic E-state index is 11.0. The average Bonchev–Trinajstić information content (AvgIpc) is 2.25. The quantitative estimate of drug-likeness (QED) is 0.421. The molecule has 1 aliphatic heterocycles. The lowest BCUT2D eigenvalue weighted by Gasteiger charge is -2.26. The third-order valence-corrected chi connectivity index (χ3v) is 2.38. The molecule has 0 aromatic heterocycles. The van der Waals surface area contributed by atoms with Crippen LogP contribution in [0.5, 0.6) is 0 Å². The van der Waals surface area contributed by atoms with Crippen LogP contribution in [0.3, 0.4) is 0 Å². The molecule has 1 N–H and O–H groups in total. The normalized spacial score (nSPS) is 17.4. The Kier molecular flexibility index (Phi) is 5.36. The number of carbonyl (C=O) groups is 1. The minimum atomic E-state index is -0.310. The van der Waals surface area contributed by atoms with E-state index >= 15 is 0 Å². The number of ether oxygens (including phenoxy) is 1. The molecule has 86 valence electrons. The topological polar surface area (TPSA) is 41.6 Å². The lowest BCUT2D eigenvalue weighted by atomic mass is 10.2. The highest BCUT2D eigenvalue weighted by Crippen LogP contribution is 2.05. The number of carbonyl (C=O) groups excluding carboxylic acids is 1. The molecule has 0 spiro atoms. The summed E-state index contributed by atoms with van der Waals surface area (Å²) in [4.78, 5) is 11.0. The van der Waals surface area contributed by atoms with E-state index in [0.29, 0.717) is 18.7 Å². The molecule has 15 heavy (non-hydrogen) atoms. The van der Waals surface area contributed by atoms with Gasteiger partial charge >= 0.3 is 5.97 Å². The zero-order chi connectivity index (χ0) is 11.1. The van der Waals surface area contributed by atoms with Crippen LogP contribution in [0, 0.1) is 0 Å². The van der Waals surface area contributed by atoms with Gasteiger partial charge in [-0.3, -0.25) is 5.43 Å². The summed E-state index contributed by atoms with van der Waals surface area (Å²) < 4.78 is 4.97. The second kappa shape index (κ2) is 6.58. The Labute approximate surface area is 91.2 Å². The molecule has 0 saturated carbocycles. The standard InChI is InChI=1S/C11H20N2O2/c1-10(2)11(14)15-9-6-12-13-7-4-3-5-8-13/h12H,1,3-9H2,2H3. The summed E-state index contributed by atoms with van der Waals surface area (Å²) in [6.45, 7) is 8.44. The maximum atomic E-state index is 11.0. The molecule has 1 rings (SSSR count). The summed E-state index contributed by atoms with van der Waals surface area (Å²) in [5, 5.41) is 2.19. The number of esters is 1. The molecule has 4 nitrogen and oxygen atoms in total. The minimum absolute atomic E-state index is 0.310. The molecule has 0 atom stereocenters. The summed E-state index contributed by atoms with van der Waals surface area (Å²) >= 11 is 0. The Balaban J connectivity index is 2.01. The first-order chi connectivity index (χ1) is 7.20. The molecule has 1 aliphatic rings. The van der Waals surface area contributed by atoms with E-state index < -0.39 is 0 Å². The van der Waals surface area contributed by atoms with Crippen LogP contribution in [0.25, 0.3) is 0 Å². The van der Waals surface area contributed by atoms with Crippen molar-refractivity contribution >= 4 is 5.97 Å². The number of nitrogens with zero attached hydrogens (tertiary/aromatic N) is 1. The summed E-state index contributed by atoms with van der Waals surface area (Å²) in [6.07, 6.45) is 3.82. The van der Waals surface area contributed by atoms with Gasteiger partial charge in [0.15, 0.2) is 0 Å². The first-order valence-electron chi connectivity index (χ1n) is 5.51. The molecule has 0 amide bonds. The predicted octanol–water partition coefficient (Wildman–Crippen LogP) is 1.10. The number of rotatable bonds is 5. The highest BCUT2D eigenvalue weighted by Gasteiger charge is 2.09. The number of hydrogen-bond donors (Lipinski definition) is 1. The van der Waals surface area contributed by atoms with Crippen LogP contribution >= 0.6 is 0 Å². The summed E-state index contributed by atoms with van der Waals surface area (Å²) in [6, 6.07) is 0. The highest BCUT2D eigenvalue weighted by atomic mass is 16.5. The second-order valence-electron chi connectivity index (χ2n) is 3.87. The molecule has 0 unspecified atom stereocenters. The van der Waals surface area contributed by atoms with E-state index in [1.54, 1.807) is 6.92 Å². The maximum Gasteiger partial charge on any atom is 0.333 e. The SMILES string of the molecule is C=C(C)C(=O)OCCNN1CCCCC1. The van der Waals surface area contributed by atoms with Crippen molar-refractivity contribution in [2.24, 2.45) is 0 Å². The third kappa shape index (κ3) is 4.95. The third-order valence-electron chi connectivity index (χ3n) is 2.38. The van der Waals surface area contributed by atoms with E-state index in [1.807, 2.05) is 0 Å². The Morgan fingerprint density at radius 3 is 2.67 bits per heavy atom. The van der Waals surface area contributed by atoms with Crippen molar-refractivity contribution in [3.05, 3.63) is 12.2 Å². The van der Waals surface area contributed by atoms with Gasteiger partial charge in [-0.15, -0.1) is 0 Å². The van der Waals surface area contributed by atoms with Crippen LogP contribution < -0.4 is 5.43 Å². The zero-order valence-corrected chi connectivity index (χ0v) is 9.42. The first kappa shape index (κ1) is 12.2. The number of nitrogens with one attached hydrogen (secondary N) is 1. The van der Waals surface area contributed by atoms with Gasteiger partial charge in [-0.25, -0.2) is 9.80 Å². The van der Waals surface area contributed by atoms with Gasteiger partial charge in [0.2, 0.25) is 0 Å². The smallest absolute Gasteiger partial charge is 0.333 e. The van der Waals surface area contributed by atoms with Crippen LogP contribution in [0.4, 0.5) is 0 Å². The molecule has 4 heteroatoms. The van der Waals surface area contributed by atoms with Crippen LogP contribution in [-0.2, 0) is 9.53 Å². The van der Waals surface area contributed by atoms with Crippen molar-refractivity contribution in [1.29, 1.82) is 0 Å². The van der Waals surface area contributed by atoms with Crippen molar-refractivity contribution < 1.29 is 9.53 Å². The lowest BCUT2D eigenvalue weighted by molar-refractivity contribution is -0.139. The van der Waals surface area contributed by atoms with Crippen molar-refractivity contribution in [2.45, 2.75) is 26.2 Å². The lowest BCUT2D eigenvalue weighted by Crippen LogP contribution is -2.43. The molecule has 0 aromatic rings. The van der Waals surface area contributed by atoms with Crippen LogP contribution in [0.1, 0.15) is 26.2 Å². The van der Waals surface area contributed by atoms with Gasteiger partial charge in [-0.1, -0.05) is 13.0 Å². The van der Waals surface area contributed by atoms with E-state index in [-0.39, 0.29) is 5.97 Å².